The van der Waals surface area contributed by atoms with Crippen molar-refractivity contribution in [1.29, 1.82) is 0 Å². The second-order valence-corrected chi connectivity index (χ2v) is 4.94. The Bertz CT molecular complexity index is 715. The molecule has 7 heteroatoms. The molecule has 1 aromatic carbocycles. The van der Waals surface area contributed by atoms with Crippen molar-refractivity contribution < 1.29 is 22.7 Å². The fraction of sp³-hybridized carbons (Fsp3) is 0.250. The van der Waals surface area contributed by atoms with Crippen LogP contribution in [0.25, 0.3) is 0 Å². The van der Waals surface area contributed by atoms with Crippen LogP contribution < -0.4 is 10.1 Å². The SMILES string of the molecule is Cc1ccc(C(=O)NCc2ccccc2OC(F)(F)F)nc1C. The van der Waals surface area contributed by atoms with Gasteiger partial charge in [-0.25, -0.2) is 4.98 Å². The van der Waals surface area contributed by atoms with Crippen molar-refractivity contribution in [2.45, 2.75) is 26.8 Å². The summed E-state index contributed by atoms with van der Waals surface area (Å²) in [4.78, 5) is 16.2. The minimum Gasteiger partial charge on any atom is -0.405 e. The molecule has 0 radical (unpaired) electrons. The van der Waals surface area contributed by atoms with E-state index in [1.807, 2.05) is 6.92 Å². The van der Waals surface area contributed by atoms with Crippen molar-refractivity contribution in [3.63, 3.8) is 0 Å². The van der Waals surface area contributed by atoms with Crippen LogP contribution in [0.15, 0.2) is 36.4 Å². The van der Waals surface area contributed by atoms with E-state index in [0.717, 1.165) is 11.3 Å². The van der Waals surface area contributed by atoms with Crippen LogP contribution in [-0.2, 0) is 6.54 Å². The molecule has 0 atom stereocenters. The van der Waals surface area contributed by atoms with E-state index < -0.39 is 12.3 Å². The van der Waals surface area contributed by atoms with Crippen LogP contribution in [-0.4, -0.2) is 17.3 Å². The lowest BCUT2D eigenvalue weighted by molar-refractivity contribution is -0.274. The summed E-state index contributed by atoms with van der Waals surface area (Å²) in [6, 6.07) is 8.97. The van der Waals surface area contributed by atoms with Gasteiger partial charge in [-0.1, -0.05) is 24.3 Å². The molecular formula is C16H15F3N2O2. The Labute approximate surface area is 131 Å². The maximum Gasteiger partial charge on any atom is 0.573 e. The van der Waals surface area contributed by atoms with Gasteiger partial charge in [0, 0.05) is 17.8 Å². The van der Waals surface area contributed by atoms with Crippen LogP contribution in [0.4, 0.5) is 13.2 Å². The van der Waals surface area contributed by atoms with Crippen LogP contribution in [0, 0.1) is 13.8 Å². The molecule has 122 valence electrons. The quantitative estimate of drug-likeness (QED) is 0.936. The highest BCUT2D eigenvalue weighted by Gasteiger charge is 2.32. The molecule has 0 unspecified atom stereocenters. The molecule has 0 saturated heterocycles. The summed E-state index contributed by atoms with van der Waals surface area (Å²) >= 11 is 0. The second-order valence-electron chi connectivity index (χ2n) is 4.94. The van der Waals surface area contributed by atoms with Crippen LogP contribution >= 0.6 is 0 Å². The van der Waals surface area contributed by atoms with Crippen molar-refractivity contribution in [2.75, 3.05) is 0 Å². The fourth-order valence-electron chi connectivity index (χ4n) is 1.90. The highest BCUT2D eigenvalue weighted by Crippen LogP contribution is 2.26. The van der Waals surface area contributed by atoms with Crippen LogP contribution in [0.3, 0.4) is 0 Å². The van der Waals surface area contributed by atoms with E-state index in [9.17, 15) is 18.0 Å². The van der Waals surface area contributed by atoms with Crippen LogP contribution in [0.1, 0.15) is 27.3 Å². The van der Waals surface area contributed by atoms with Crippen molar-refractivity contribution in [2.24, 2.45) is 0 Å². The Hall–Kier alpha value is -2.57. The molecule has 0 aliphatic rings. The Morgan fingerprint density at radius 1 is 1.17 bits per heavy atom. The van der Waals surface area contributed by atoms with Gasteiger partial charge in [0.1, 0.15) is 11.4 Å². The Morgan fingerprint density at radius 3 is 2.52 bits per heavy atom. The van der Waals surface area contributed by atoms with Crippen LogP contribution in [0.5, 0.6) is 5.75 Å². The zero-order valence-electron chi connectivity index (χ0n) is 12.6. The number of hydrogen-bond acceptors (Lipinski definition) is 3. The molecule has 2 rings (SSSR count). The lowest BCUT2D eigenvalue weighted by atomic mass is 10.2. The van der Waals surface area contributed by atoms with Gasteiger partial charge in [-0.15, -0.1) is 13.2 Å². The van der Waals surface area contributed by atoms with Gasteiger partial charge in [-0.2, -0.15) is 0 Å². The van der Waals surface area contributed by atoms with E-state index in [2.05, 4.69) is 15.0 Å². The van der Waals surface area contributed by atoms with E-state index in [0.29, 0.717) is 0 Å². The highest BCUT2D eigenvalue weighted by molar-refractivity contribution is 5.92. The van der Waals surface area contributed by atoms with Gasteiger partial charge in [-0.3, -0.25) is 4.79 Å². The van der Waals surface area contributed by atoms with Gasteiger partial charge in [0.2, 0.25) is 0 Å². The molecular weight excluding hydrogens is 309 g/mol. The molecule has 1 aromatic heterocycles. The number of aromatic nitrogens is 1. The van der Waals surface area contributed by atoms with Crippen molar-refractivity contribution in [3.05, 3.63) is 58.9 Å². The number of benzene rings is 1. The number of halogens is 3. The van der Waals surface area contributed by atoms with Gasteiger partial charge in [-0.05, 0) is 31.5 Å². The Kier molecular flexibility index (Phi) is 4.88. The standard InChI is InChI=1S/C16H15F3N2O2/c1-10-7-8-13(21-11(10)2)15(22)20-9-12-5-3-4-6-14(12)23-16(17,18)19/h3-8H,9H2,1-2H3,(H,20,22). The van der Waals surface area contributed by atoms with E-state index in [4.69, 9.17) is 0 Å². The summed E-state index contributed by atoms with van der Waals surface area (Å²) in [5.41, 5.74) is 2.10. The predicted octanol–water partition coefficient (Wildman–Crippen LogP) is 3.53. The molecule has 4 nitrogen and oxygen atoms in total. The minimum absolute atomic E-state index is 0.0975. The molecule has 0 bridgehead atoms. The number of rotatable bonds is 4. The number of amides is 1. The molecule has 0 saturated carbocycles. The zero-order chi connectivity index (χ0) is 17.0. The molecule has 23 heavy (non-hydrogen) atoms. The molecule has 2 aromatic rings. The molecule has 0 aliphatic heterocycles. The maximum atomic E-state index is 12.3. The minimum atomic E-state index is -4.78. The largest absolute Gasteiger partial charge is 0.573 e. The first-order chi connectivity index (χ1) is 10.8. The Morgan fingerprint density at radius 2 is 1.87 bits per heavy atom. The Balaban J connectivity index is 2.08. The number of nitrogens with one attached hydrogen (secondary N) is 1. The monoisotopic (exact) mass is 324 g/mol. The fourth-order valence-corrected chi connectivity index (χ4v) is 1.90. The van der Waals surface area contributed by atoms with Gasteiger partial charge in [0.05, 0.1) is 0 Å². The predicted molar refractivity (Wildman–Crippen MR) is 78.0 cm³/mol. The number of pyridine rings is 1. The normalized spacial score (nSPS) is 11.2. The summed E-state index contributed by atoms with van der Waals surface area (Å²) in [5.74, 6) is -0.803. The molecule has 0 aliphatic carbocycles. The summed E-state index contributed by atoms with van der Waals surface area (Å²) < 4.78 is 41.0. The average molecular weight is 324 g/mol. The number of para-hydroxylation sites is 1. The highest BCUT2D eigenvalue weighted by atomic mass is 19.4. The summed E-state index contributed by atoms with van der Waals surface area (Å²) in [5, 5.41) is 2.54. The molecule has 1 amide bonds. The summed E-state index contributed by atoms with van der Waals surface area (Å²) in [6.07, 6.45) is -4.78. The number of hydrogen-bond donors (Lipinski definition) is 1. The average Bonchev–Trinajstić information content (AvgIpc) is 2.47. The topological polar surface area (TPSA) is 51.2 Å². The van der Waals surface area contributed by atoms with Crippen molar-refractivity contribution >= 4 is 5.91 Å². The first-order valence-electron chi connectivity index (χ1n) is 6.82. The third-order valence-corrected chi connectivity index (χ3v) is 3.22. The first kappa shape index (κ1) is 16.8. The number of ether oxygens (including phenoxy) is 1. The smallest absolute Gasteiger partial charge is 0.405 e. The van der Waals surface area contributed by atoms with Crippen molar-refractivity contribution in [1.82, 2.24) is 10.3 Å². The molecule has 0 spiro atoms. The summed E-state index contributed by atoms with van der Waals surface area (Å²) in [6.45, 7) is 3.55. The second kappa shape index (κ2) is 6.68. The number of nitrogens with zero attached hydrogens (tertiary/aromatic N) is 1. The van der Waals surface area contributed by atoms with Gasteiger partial charge >= 0.3 is 6.36 Å². The first-order valence-corrected chi connectivity index (χ1v) is 6.82. The lowest BCUT2D eigenvalue weighted by Gasteiger charge is -2.13. The van der Waals surface area contributed by atoms with E-state index >= 15 is 0 Å². The van der Waals surface area contributed by atoms with E-state index in [1.54, 1.807) is 25.1 Å². The lowest BCUT2D eigenvalue weighted by Crippen LogP contribution is -2.25. The maximum absolute atomic E-state index is 12.3. The zero-order valence-corrected chi connectivity index (χ0v) is 12.6. The van der Waals surface area contributed by atoms with Gasteiger partial charge < -0.3 is 10.1 Å². The van der Waals surface area contributed by atoms with E-state index in [-0.39, 0.29) is 23.6 Å². The van der Waals surface area contributed by atoms with Crippen molar-refractivity contribution in [3.8, 4) is 5.75 Å². The number of aryl methyl sites for hydroxylation is 2. The summed E-state index contributed by atoms with van der Waals surface area (Å²) in [7, 11) is 0. The third-order valence-electron chi connectivity index (χ3n) is 3.22. The molecule has 1 N–H and O–H groups in total. The van der Waals surface area contributed by atoms with E-state index in [1.165, 1.54) is 18.2 Å². The number of alkyl halides is 3. The molecule has 1 heterocycles. The third kappa shape index (κ3) is 4.70. The van der Waals surface area contributed by atoms with Gasteiger partial charge in [0.15, 0.2) is 0 Å². The van der Waals surface area contributed by atoms with Gasteiger partial charge in [0.25, 0.3) is 5.91 Å². The molecule has 0 fully saturated rings. The number of carbonyl (C=O) groups is 1. The van der Waals surface area contributed by atoms with Crippen LogP contribution in [0.2, 0.25) is 0 Å². The number of carbonyl (C=O) groups excluding carboxylic acids is 1.